The molecule has 0 bridgehead atoms. The summed E-state index contributed by atoms with van der Waals surface area (Å²) in [5.74, 6) is 0.315. The van der Waals surface area contributed by atoms with Gasteiger partial charge in [0.15, 0.2) is 9.84 Å². The summed E-state index contributed by atoms with van der Waals surface area (Å²) in [5.41, 5.74) is 0. The smallest absolute Gasteiger partial charge is 0.153 e. The van der Waals surface area contributed by atoms with E-state index in [0.29, 0.717) is 12.2 Å². The van der Waals surface area contributed by atoms with Gasteiger partial charge in [-0.1, -0.05) is 0 Å². The van der Waals surface area contributed by atoms with Gasteiger partial charge in [-0.25, -0.2) is 13.4 Å². The summed E-state index contributed by atoms with van der Waals surface area (Å²) < 4.78 is 23.1. The first kappa shape index (κ1) is 11.0. The van der Waals surface area contributed by atoms with Crippen molar-refractivity contribution in [2.75, 3.05) is 5.75 Å². The molecule has 1 aliphatic rings. The number of aliphatic hydroxyl groups is 1. The molecule has 0 aliphatic carbocycles. The fourth-order valence-electron chi connectivity index (χ4n) is 1.80. The first-order chi connectivity index (χ1) is 7.12. The molecule has 4 nitrogen and oxygen atoms in total. The van der Waals surface area contributed by atoms with Crippen molar-refractivity contribution in [2.24, 2.45) is 0 Å². The van der Waals surface area contributed by atoms with Crippen LogP contribution in [0.3, 0.4) is 0 Å². The summed E-state index contributed by atoms with van der Waals surface area (Å²) in [6.45, 7) is -0.0188. The number of hydrogen-bond donors (Lipinski definition) is 1. The third kappa shape index (κ3) is 2.38. The standard InChI is InChI=1S/C9H13NO3S2/c11-6-7-5-10-9(14-7)4-8-2-1-3-15(8,12)13/h5,8,11H,1-4,6H2. The van der Waals surface area contributed by atoms with E-state index in [4.69, 9.17) is 5.11 Å². The molecule has 1 unspecified atom stereocenters. The van der Waals surface area contributed by atoms with Crippen molar-refractivity contribution in [1.82, 2.24) is 4.98 Å². The lowest BCUT2D eigenvalue weighted by atomic mass is 10.2. The van der Waals surface area contributed by atoms with E-state index in [1.54, 1.807) is 6.20 Å². The van der Waals surface area contributed by atoms with Gasteiger partial charge < -0.3 is 5.11 Å². The maximum atomic E-state index is 11.6. The lowest BCUT2D eigenvalue weighted by Crippen LogP contribution is -2.18. The van der Waals surface area contributed by atoms with Crippen LogP contribution in [0.2, 0.25) is 0 Å². The molecule has 1 N–H and O–H groups in total. The van der Waals surface area contributed by atoms with E-state index >= 15 is 0 Å². The molecule has 2 heterocycles. The predicted octanol–water partition coefficient (Wildman–Crippen LogP) is 0.755. The molecule has 1 aromatic rings. The molecule has 84 valence electrons. The Labute approximate surface area is 92.9 Å². The Morgan fingerprint density at radius 1 is 1.60 bits per heavy atom. The van der Waals surface area contributed by atoms with Gasteiger partial charge in [-0.2, -0.15) is 0 Å². The van der Waals surface area contributed by atoms with Gasteiger partial charge in [0.05, 0.1) is 27.5 Å². The Kier molecular flexibility index (Phi) is 3.08. The minimum atomic E-state index is -2.88. The summed E-state index contributed by atoms with van der Waals surface area (Å²) in [5, 5.41) is 9.43. The maximum absolute atomic E-state index is 11.6. The molecular weight excluding hydrogens is 234 g/mol. The molecule has 1 saturated heterocycles. The molecule has 15 heavy (non-hydrogen) atoms. The monoisotopic (exact) mass is 247 g/mol. The van der Waals surface area contributed by atoms with Gasteiger partial charge in [0.1, 0.15) is 0 Å². The highest BCUT2D eigenvalue weighted by Gasteiger charge is 2.31. The largest absolute Gasteiger partial charge is 0.391 e. The van der Waals surface area contributed by atoms with Crippen molar-refractivity contribution >= 4 is 21.2 Å². The van der Waals surface area contributed by atoms with Crippen LogP contribution in [0.15, 0.2) is 6.20 Å². The Bertz CT molecular complexity index is 438. The van der Waals surface area contributed by atoms with Crippen LogP contribution in [0.1, 0.15) is 22.7 Å². The predicted molar refractivity (Wildman–Crippen MR) is 58.5 cm³/mol. The number of sulfone groups is 1. The molecule has 0 aromatic carbocycles. The Hall–Kier alpha value is -0.460. The van der Waals surface area contributed by atoms with E-state index in [9.17, 15) is 8.42 Å². The summed E-state index contributed by atoms with van der Waals surface area (Å²) in [7, 11) is -2.88. The summed E-state index contributed by atoms with van der Waals surface area (Å²) in [4.78, 5) is 4.90. The van der Waals surface area contributed by atoms with E-state index in [-0.39, 0.29) is 11.9 Å². The molecule has 6 heteroatoms. The van der Waals surface area contributed by atoms with E-state index < -0.39 is 9.84 Å². The summed E-state index contributed by atoms with van der Waals surface area (Å²) >= 11 is 1.39. The second-order valence-corrected chi connectivity index (χ2v) is 7.31. The van der Waals surface area contributed by atoms with Crippen LogP contribution in [0, 0.1) is 0 Å². The van der Waals surface area contributed by atoms with Crippen molar-refractivity contribution < 1.29 is 13.5 Å². The van der Waals surface area contributed by atoms with Gasteiger partial charge in [0.25, 0.3) is 0 Å². The number of nitrogens with zero attached hydrogens (tertiary/aromatic N) is 1. The molecule has 0 spiro atoms. The van der Waals surface area contributed by atoms with Gasteiger partial charge in [-0.3, -0.25) is 0 Å². The van der Waals surface area contributed by atoms with E-state index in [0.717, 1.165) is 22.7 Å². The van der Waals surface area contributed by atoms with Crippen LogP contribution in [0.4, 0.5) is 0 Å². The molecule has 2 rings (SSSR count). The Morgan fingerprint density at radius 2 is 2.40 bits per heavy atom. The number of rotatable bonds is 3. The molecule has 0 radical (unpaired) electrons. The zero-order valence-corrected chi connectivity index (χ0v) is 9.85. The van der Waals surface area contributed by atoms with Crippen molar-refractivity contribution in [3.63, 3.8) is 0 Å². The number of aliphatic hydroxyl groups excluding tert-OH is 1. The average Bonchev–Trinajstić information content (AvgIpc) is 2.75. The summed E-state index contributed by atoms with van der Waals surface area (Å²) in [6.07, 6.45) is 3.64. The maximum Gasteiger partial charge on any atom is 0.153 e. The molecule has 0 saturated carbocycles. The third-order valence-electron chi connectivity index (χ3n) is 2.62. The van der Waals surface area contributed by atoms with E-state index in [1.165, 1.54) is 11.3 Å². The fraction of sp³-hybridized carbons (Fsp3) is 0.667. The van der Waals surface area contributed by atoms with Crippen LogP contribution >= 0.6 is 11.3 Å². The second-order valence-electron chi connectivity index (χ2n) is 3.71. The Morgan fingerprint density at radius 3 is 2.93 bits per heavy atom. The van der Waals surface area contributed by atoms with Gasteiger partial charge >= 0.3 is 0 Å². The fourth-order valence-corrected chi connectivity index (χ4v) is 4.61. The molecule has 1 aliphatic heterocycles. The first-order valence-electron chi connectivity index (χ1n) is 4.88. The van der Waals surface area contributed by atoms with Crippen molar-refractivity contribution in [3.8, 4) is 0 Å². The van der Waals surface area contributed by atoms with E-state index in [1.807, 2.05) is 0 Å². The van der Waals surface area contributed by atoms with Crippen LogP contribution in [-0.4, -0.2) is 29.5 Å². The average molecular weight is 247 g/mol. The second kappa shape index (κ2) is 4.19. The van der Waals surface area contributed by atoms with Crippen LogP contribution in [-0.2, 0) is 22.9 Å². The topological polar surface area (TPSA) is 67.3 Å². The number of thiazole rings is 1. The Balaban J connectivity index is 2.09. The first-order valence-corrected chi connectivity index (χ1v) is 7.41. The minimum absolute atomic E-state index is 0.0188. The minimum Gasteiger partial charge on any atom is -0.391 e. The van der Waals surface area contributed by atoms with Crippen LogP contribution < -0.4 is 0 Å². The lowest BCUT2D eigenvalue weighted by molar-refractivity contribution is 0.285. The highest BCUT2D eigenvalue weighted by atomic mass is 32.2. The van der Waals surface area contributed by atoms with Crippen molar-refractivity contribution in [1.29, 1.82) is 0 Å². The number of aromatic nitrogens is 1. The van der Waals surface area contributed by atoms with Gasteiger partial charge in [-0.05, 0) is 12.8 Å². The zero-order chi connectivity index (χ0) is 10.9. The normalized spacial score (nSPS) is 24.5. The van der Waals surface area contributed by atoms with Gasteiger partial charge in [0.2, 0.25) is 0 Å². The van der Waals surface area contributed by atoms with Crippen LogP contribution in [0.5, 0.6) is 0 Å². The van der Waals surface area contributed by atoms with E-state index in [2.05, 4.69) is 4.98 Å². The zero-order valence-electron chi connectivity index (χ0n) is 8.22. The summed E-state index contributed by atoms with van der Waals surface area (Å²) in [6, 6.07) is 0. The molecule has 1 atom stereocenters. The molecule has 1 fully saturated rings. The molecule has 0 amide bonds. The van der Waals surface area contributed by atoms with Crippen molar-refractivity contribution in [2.45, 2.75) is 31.1 Å². The molecule has 1 aromatic heterocycles. The highest BCUT2D eigenvalue weighted by molar-refractivity contribution is 7.92. The SMILES string of the molecule is O=S1(=O)CCCC1Cc1ncc(CO)s1. The third-order valence-corrected chi connectivity index (χ3v) is 5.90. The molecular formula is C9H13NO3S2. The van der Waals surface area contributed by atoms with Gasteiger partial charge in [0, 0.05) is 12.6 Å². The van der Waals surface area contributed by atoms with Crippen molar-refractivity contribution in [3.05, 3.63) is 16.1 Å². The number of hydrogen-bond acceptors (Lipinski definition) is 5. The van der Waals surface area contributed by atoms with Gasteiger partial charge in [-0.15, -0.1) is 11.3 Å². The highest BCUT2D eigenvalue weighted by Crippen LogP contribution is 2.25. The van der Waals surface area contributed by atoms with Crippen LogP contribution in [0.25, 0.3) is 0 Å². The lowest BCUT2D eigenvalue weighted by Gasteiger charge is -2.05. The quantitative estimate of drug-likeness (QED) is 0.856.